The minimum atomic E-state index is -0.919. The standard InChI is InChI=1S/C13H23N3O5/c1-13(2)11(19)16(12(20)15-13)7-5-10(18)14-6-4-9(17)8-21-3/h9,17H,4-8H2,1-3H3,(H,14,18)(H,15,20). The molecule has 3 N–H and O–H groups in total. The van der Waals surface area contributed by atoms with Gasteiger partial charge in [-0.1, -0.05) is 0 Å². The SMILES string of the molecule is COCC(O)CCNC(=O)CCN1C(=O)NC(C)(C)C1=O. The first-order valence-corrected chi connectivity index (χ1v) is 6.85. The van der Waals surface area contributed by atoms with E-state index >= 15 is 0 Å². The van der Waals surface area contributed by atoms with Crippen LogP contribution in [0.1, 0.15) is 26.7 Å². The zero-order valence-corrected chi connectivity index (χ0v) is 12.6. The summed E-state index contributed by atoms with van der Waals surface area (Å²) < 4.78 is 4.77. The number of carbonyl (C=O) groups is 3. The van der Waals surface area contributed by atoms with Gasteiger partial charge < -0.3 is 20.5 Å². The van der Waals surface area contributed by atoms with Crippen molar-refractivity contribution in [2.75, 3.05) is 26.8 Å². The summed E-state index contributed by atoms with van der Waals surface area (Å²) in [6.07, 6.45) is -0.201. The Labute approximate surface area is 123 Å². The van der Waals surface area contributed by atoms with Gasteiger partial charge in [-0.15, -0.1) is 0 Å². The van der Waals surface area contributed by atoms with Gasteiger partial charge in [-0.2, -0.15) is 0 Å². The van der Waals surface area contributed by atoms with Crippen LogP contribution in [0, 0.1) is 0 Å². The number of nitrogens with one attached hydrogen (secondary N) is 2. The molecule has 1 rings (SSSR count). The zero-order chi connectivity index (χ0) is 16.0. The number of carbonyl (C=O) groups excluding carboxylic acids is 3. The van der Waals surface area contributed by atoms with Crippen LogP contribution in [0.3, 0.4) is 0 Å². The van der Waals surface area contributed by atoms with Gasteiger partial charge in [-0.05, 0) is 20.3 Å². The maximum atomic E-state index is 11.9. The number of rotatable bonds is 8. The smallest absolute Gasteiger partial charge is 0.325 e. The molecule has 1 atom stereocenters. The Morgan fingerprint density at radius 3 is 2.67 bits per heavy atom. The fraction of sp³-hybridized carbons (Fsp3) is 0.769. The van der Waals surface area contributed by atoms with Crippen LogP contribution in [0.4, 0.5) is 4.79 Å². The quantitative estimate of drug-likeness (QED) is 0.510. The molecule has 0 aromatic rings. The highest BCUT2D eigenvalue weighted by Gasteiger charge is 2.43. The number of aliphatic hydroxyl groups is 1. The Bertz CT molecular complexity index is 411. The van der Waals surface area contributed by atoms with Crippen LogP contribution in [-0.4, -0.2) is 66.3 Å². The van der Waals surface area contributed by atoms with Gasteiger partial charge in [0.1, 0.15) is 5.54 Å². The number of hydrogen-bond donors (Lipinski definition) is 3. The van der Waals surface area contributed by atoms with Crippen molar-refractivity contribution in [3.63, 3.8) is 0 Å². The van der Waals surface area contributed by atoms with Crippen molar-refractivity contribution in [1.29, 1.82) is 0 Å². The maximum absolute atomic E-state index is 11.9. The third kappa shape index (κ3) is 4.98. The number of amides is 4. The number of hydrogen-bond acceptors (Lipinski definition) is 5. The van der Waals surface area contributed by atoms with Gasteiger partial charge >= 0.3 is 6.03 Å². The van der Waals surface area contributed by atoms with Gasteiger partial charge in [-0.3, -0.25) is 14.5 Å². The lowest BCUT2D eigenvalue weighted by atomic mass is 10.1. The van der Waals surface area contributed by atoms with Crippen molar-refractivity contribution < 1.29 is 24.2 Å². The summed E-state index contributed by atoms with van der Waals surface area (Å²) in [5, 5.41) is 14.6. The first-order chi connectivity index (χ1) is 9.77. The predicted octanol–water partition coefficient (Wildman–Crippen LogP) is -0.779. The highest BCUT2D eigenvalue weighted by atomic mass is 16.5. The molecule has 21 heavy (non-hydrogen) atoms. The molecule has 0 saturated carbocycles. The van der Waals surface area contributed by atoms with E-state index in [1.165, 1.54) is 7.11 Å². The number of imide groups is 1. The van der Waals surface area contributed by atoms with Crippen LogP contribution >= 0.6 is 0 Å². The molecule has 0 bridgehead atoms. The van der Waals surface area contributed by atoms with Crippen LogP contribution in [0.2, 0.25) is 0 Å². The molecule has 8 nitrogen and oxygen atoms in total. The lowest BCUT2D eigenvalue weighted by molar-refractivity contribution is -0.130. The molecular weight excluding hydrogens is 278 g/mol. The lowest BCUT2D eigenvalue weighted by Gasteiger charge is -2.16. The van der Waals surface area contributed by atoms with Gasteiger partial charge in [0.15, 0.2) is 0 Å². The minimum absolute atomic E-state index is 0.0373. The van der Waals surface area contributed by atoms with Crippen molar-refractivity contribution >= 4 is 17.8 Å². The average molecular weight is 301 g/mol. The first kappa shape index (κ1) is 17.4. The van der Waals surface area contributed by atoms with Crippen LogP contribution in [0.5, 0.6) is 0 Å². The fourth-order valence-corrected chi connectivity index (χ4v) is 1.98. The molecule has 1 saturated heterocycles. The third-order valence-corrected chi connectivity index (χ3v) is 3.17. The normalized spacial score (nSPS) is 18.6. The van der Waals surface area contributed by atoms with Crippen molar-refractivity contribution in [2.45, 2.75) is 38.3 Å². The molecule has 1 aliphatic rings. The second kappa shape index (κ2) is 7.37. The molecule has 0 radical (unpaired) electrons. The number of methoxy groups -OCH3 is 1. The Hall–Kier alpha value is -1.67. The Balaban J connectivity index is 2.28. The van der Waals surface area contributed by atoms with E-state index in [-0.39, 0.29) is 31.4 Å². The summed E-state index contributed by atoms with van der Waals surface area (Å²) in [5.74, 6) is -0.610. The van der Waals surface area contributed by atoms with Crippen LogP contribution in [-0.2, 0) is 14.3 Å². The van der Waals surface area contributed by atoms with E-state index in [0.29, 0.717) is 13.0 Å². The lowest BCUT2D eigenvalue weighted by Crippen LogP contribution is -2.40. The Morgan fingerprint density at radius 2 is 2.14 bits per heavy atom. The molecule has 1 aliphatic heterocycles. The van der Waals surface area contributed by atoms with Gasteiger partial charge in [0.2, 0.25) is 5.91 Å². The van der Waals surface area contributed by atoms with Gasteiger partial charge in [-0.25, -0.2) is 4.79 Å². The largest absolute Gasteiger partial charge is 0.391 e. The van der Waals surface area contributed by atoms with E-state index in [1.807, 2.05) is 0 Å². The molecule has 0 aromatic carbocycles. The fourth-order valence-electron chi connectivity index (χ4n) is 1.98. The van der Waals surface area contributed by atoms with E-state index in [4.69, 9.17) is 4.74 Å². The maximum Gasteiger partial charge on any atom is 0.325 e. The molecule has 1 fully saturated rings. The predicted molar refractivity (Wildman–Crippen MR) is 74.5 cm³/mol. The first-order valence-electron chi connectivity index (χ1n) is 6.85. The molecule has 8 heteroatoms. The highest BCUT2D eigenvalue weighted by Crippen LogP contribution is 2.16. The van der Waals surface area contributed by atoms with Crippen LogP contribution in [0.15, 0.2) is 0 Å². The van der Waals surface area contributed by atoms with Gasteiger partial charge in [0.05, 0.1) is 12.7 Å². The Morgan fingerprint density at radius 1 is 1.48 bits per heavy atom. The number of ether oxygens (including phenoxy) is 1. The summed E-state index contributed by atoms with van der Waals surface area (Å²) in [6, 6.07) is -0.478. The van der Waals surface area contributed by atoms with Crippen molar-refractivity contribution in [2.24, 2.45) is 0 Å². The van der Waals surface area contributed by atoms with Gasteiger partial charge in [0.25, 0.3) is 5.91 Å². The summed E-state index contributed by atoms with van der Waals surface area (Å²) in [5.41, 5.74) is -0.919. The molecule has 0 spiro atoms. The van der Waals surface area contributed by atoms with E-state index in [1.54, 1.807) is 13.8 Å². The van der Waals surface area contributed by atoms with E-state index in [0.717, 1.165) is 4.90 Å². The summed E-state index contributed by atoms with van der Waals surface area (Å²) in [6.45, 7) is 3.80. The molecule has 0 aliphatic carbocycles. The van der Waals surface area contributed by atoms with Crippen LogP contribution < -0.4 is 10.6 Å². The van der Waals surface area contributed by atoms with Crippen molar-refractivity contribution in [1.82, 2.24) is 15.5 Å². The van der Waals surface area contributed by atoms with E-state index in [2.05, 4.69) is 10.6 Å². The monoisotopic (exact) mass is 301 g/mol. The molecule has 1 heterocycles. The Kier molecular flexibility index (Phi) is 6.10. The molecule has 120 valence electrons. The third-order valence-electron chi connectivity index (χ3n) is 3.17. The second-order valence-corrected chi connectivity index (χ2v) is 5.51. The molecule has 4 amide bonds. The topological polar surface area (TPSA) is 108 Å². The van der Waals surface area contributed by atoms with E-state index < -0.39 is 17.7 Å². The van der Waals surface area contributed by atoms with Gasteiger partial charge in [0, 0.05) is 26.6 Å². The average Bonchev–Trinajstić information content (AvgIpc) is 2.57. The zero-order valence-electron chi connectivity index (χ0n) is 12.6. The molecular formula is C13H23N3O5. The van der Waals surface area contributed by atoms with Crippen molar-refractivity contribution in [3.8, 4) is 0 Å². The summed E-state index contributed by atoms with van der Waals surface area (Å²) in [4.78, 5) is 36.2. The number of nitrogens with zero attached hydrogens (tertiary/aromatic N) is 1. The van der Waals surface area contributed by atoms with E-state index in [9.17, 15) is 19.5 Å². The minimum Gasteiger partial charge on any atom is -0.391 e. The molecule has 1 unspecified atom stereocenters. The summed E-state index contributed by atoms with van der Waals surface area (Å²) in [7, 11) is 1.49. The van der Waals surface area contributed by atoms with Crippen LogP contribution in [0.25, 0.3) is 0 Å². The molecule has 0 aromatic heterocycles. The highest BCUT2D eigenvalue weighted by molar-refractivity contribution is 6.06. The van der Waals surface area contributed by atoms with Crippen molar-refractivity contribution in [3.05, 3.63) is 0 Å². The second-order valence-electron chi connectivity index (χ2n) is 5.51. The number of urea groups is 1. The number of aliphatic hydroxyl groups excluding tert-OH is 1. The summed E-state index contributed by atoms with van der Waals surface area (Å²) >= 11 is 0.